The van der Waals surface area contributed by atoms with Crippen molar-refractivity contribution in [3.63, 3.8) is 0 Å². The van der Waals surface area contributed by atoms with Gasteiger partial charge in [-0.1, -0.05) is 31.4 Å². The number of carbonyl (C=O) groups is 2. The van der Waals surface area contributed by atoms with E-state index >= 15 is 0 Å². The Bertz CT molecular complexity index is 724. The third-order valence-corrected chi connectivity index (χ3v) is 6.19. The summed E-state index contributed by atoms with van der Waals surface area (Å²) >= 11 is 0. The molecule has 2 amide bonds. The highest BCUT2D eigenvalue weighted by Gasteiger charge is 2.40. The molecule has 0 unspecified atom stereocenters. The molecule has 28 heavy (non-hydrogen) atoms. The normalized spacial score (nSPS) is 20.1. The fourth-order valence-corrected chi connectivity index (χ4v) is 4.39. The average molecular weight is 383 g/mol. The molecule has 0 spiro atoms. The van der Waals surface area contributed by atoms with Crippen molar-refractivity contribution in [2.75, 3.05) is 26.7 Å². The Morgan fingerprint density at radius 1 is 1.14 bits per heavy atom. The lowest BCUT2D eigenvalue weighted by Crippen LogP contribution is -2.59. The highest BCUT2D eigenvalue weighted by molar-refractivity contribution is 5.99. The molecule has 6 heteroatoms. The molecule has 150 valence electrons. The largest absolute Gasteiger partial charge is 0.341 e. The first-order chi connectivity index (χ1) is 13.5. The number of hydrogen-bond donors (Lipinski definition) is 2. The number of amides is 2. The quantitative estimate of drug-likeness (QED) is 0.767. The van der Waals surface area contributed by atoms with Crippen LogP contribution < -0.4 is 10.6 Å². The van der Waals surface area contributed by atoms with E-state index in [4.69, 9.17) is 5.26 Å². The van der Waals surface area contributed by atoms with Crippen LogP contribution in [0.4, 0.5) is 0 Å². The Morgan fingerprint density at radius 2 is 1.79 bits per heavy atom. The maximum Gasteiger partial charge on any atom is 0.252 e. The summed E-state index contributed by atoms with van der Waals surface area (Å²) in [6.45, 7) is 2.17. The lowest BCUT2D eigenvalue weighted by atomic mass is 9.80. The smallest absolute Gasteiger partial charge is 0.252 e. The predicted octanol–water partition coefficient (Wildman–Crippen LogP) is 2.57. The fraction of sp³-hybridized carbons (Fsp3) is 0.591. The summed E-state index contributed by atoms with van der Waals surface area (Å²) < 4.78 is 0. The molecule has 0 atom stereocenters. The molecule has 1 aliphatic heterocycles. The van der Waals surface area contributed by atoms with Gasteiger partial charge in [0, 0.05) is 5.56 Å². The number of rotatable bonds is 5. The molecule has 1 aliphatic carbocycles. The van der Waals surface area contributed by atoms with Crippen molar-refractivity contribution in [3.8, 4) is 6.07 Å². The SMILES string of the molecule is CN1CCC(c2ccc(C(=O)NC3(C(=O)NCC#N)CCCCC3)cc2)CC1. The van der Waals surface area contributed by atoms with Gasteiger partial charge in [0.15, 0.2) is 0 Å². The minimum atomic E-state index is -0.904. The summed E-state index contributed by atoms with van der Waals surface area (Å²) in [6, 6.07) is 9.77. The van der Waals surface area contributed by atoms with Crippen molar-refractivity contribution >= 4 is 11.8 Å². The second-order valence-electron chi connectivity index (χ2n) is 8.14. The van der Waals surface area contributed by atoms with Crippen LogP contribution in [0.5, 0.6) is 0 Å². The lowest BCUT2D eigenvalue weighted by Gasteiger charge is -2.36. The summed E-state index contributed by atoms with van der Waals surface area (Å²) in [6.07, 6.45) is 6.38. The molecule has 1 aromatic rings. The van der Waals surface area contributed by atoms with E-state index in [1.165, 1.54) is 5.56 Å². The Balaban J connectivity index is 1.68. The van der Waals surface area contributed by atoms with E-state index in [-0.39, 0.29) is 18.4 Å². The molecule has 1 heterocycles. The van der Waals surface area contributed by atoms with E-state index in [2.05, 4.69) is 22.6 Å². The first-order valence-electron chi connectivity index (χ1n) is 10.3. The minimum absolute atomic E-state index is 0.0400. The van der Waals surface area contributed by atoms with E-state index in [0.29, 0.717) is 24.3 Å². The van der Waals surface area contributed by atoms with Gasteiger partial charge in [-0.15, -0.1) is 0 Å². The molecule has 2 fully saturated rings. The Hall–Kier alpha value is -2.39. The van der Waals surface area contributed by atoms with E-state index < -0.39 is 5.54 Å². The zero-order valence-electron chi connectivity index (χ0n) is 16.7. The van der Waals surface area contributed by atoms with E-state index in [1.54, 1.807) is 0 Å². The summed E-state index contributed by atoms with van der Waals surface area (Å²) in [4.78, 5) is 27.9. The zero-order valence-corrected chi connectivity index (χ0v) is 16.7. The van der Waals surface area contributed by atoms with Crippen molar-refractivity contribution < 1.29 is 9.59 Å². The molecule has 3 rings (SSSR count). The van der Waals surface area contributed by atoms with Gasteiger partial charge in [0.05, 0.1) is 6.07 Å². The topological polar surface area (TPSA) is 85.2 Å². The fourth-order valence-electron chi connectivity index (χ4n) is 4.39. The monoisotopic (exact) mass is 382 g/mol. The van der Waals surface area contributed by atoms with Crippen LogP contribution in [-0.4, -0.2) is 48.9 Å². The number of hydrogen-bond acceptors (Lipinski definition) is 4. The Labute approximate surface area is 167 Å². The van der Waals surface area contributed by atoms with Crippen LogP contribution in [0.2, 0.25) is 0 Å². The van der Waals surface area contributed by atoms with Crippen LogP contribution in [0.1, 0.15) is 66.8 Å². The molecule has 1 saturated carbocycles. The van der Waals surface area contributed by atoms with E-state index in [0.717, 1.165) is 45.2 Å². The second-order valence-corrected chi connectivity index (χ2v) is 8.14. The minimum Gasteiger partial charge on any atom is -0.341 e. The van der Waals surface area contributed by atoms with Gasteiger partial charge in [-0.25, -0.2) is 0 Å². The van der Waals surface area contributed by atoms with Gasteiger partial charge < -0.3 is 15.5 Å². The van der Waals surface area contributed by atoms with Gasteiger partial charge in [-0.05, 0) is 69.4 Å². The molecule has 0 aromatic heterocycles. The van der Waals surface area contributed by atoms with Gasteiger partial charge >= 0.3 is 0 Å². The first kappa shape index (κ1) is 20.3. The average Bonchev–Trinajstić information content (AvgIpc) is 2.73. The molecule has 2 aliphatic rings. The molecule has 1 saturated heterocycles. The third-order valence-electron chi connectivity index (χ3n) is 6.19. The molecule has 0 radical (unpaired) electrons. The zero-order chi connectivity index (χ0) is 20.0. The number of nitrogens with one attached hydrogen (secondary N) is 2. The predicted molar refractivity (Wildman–Crippen MR) is 108 cm³/mol. The van der Waals surface area contributed by atoms with Crippen LogP contribution in [-0.2, 0) is 4.79 Å². The standard InChI is InChI=1S/C22H30N4O2/c1-26-15-9-18(10-16-26)17-5-7-19(8-6-17)20(27)25-22(11-3-2-4-12-22)21(28)24-14-13-23/h5-8,18H,2-4,9-12,14-16H2,1H3,(H,24,28)(H,25,27). The summed E-state index contributed by atoms with van der Waals surface area (Å²) in [7, 11) is 2.15. The molecule has 2 N–H and O–H groups in total. The summed E-state index contributed by atoms with van der Waals surface area (Å²) in [5.41, 5.74) is 0.956. The number of benzene rings is 1. The molecule has 0 bridgehead atoms. The Kier molecular flexibility index (Phi) is 6.69. The number of carbonyl (C=O) groups excluding carboxylic acids is 2. The molecule has 6 nitrogen and oxygen atoms in total. The van der Waals surface area contributed by atoms with Gasteiger partial charge in [0.25, 0.3) is 5.91 Å². The maximum atomic E-state index is 12.9. The summed E-state index contributed by atoms with van der Waals surface area (Å²) in [5, 5.41) is 14.4. The maximum absolute atomic E-state index is 12.9. The first-order valence-corrected chi connectivity index (χ1v) is 10.3. The molecule has 1 aromatic carbocycles. The number of likely N-dealkylation sites (tertiary alicyclic amines) is 1. The molecular weight excluding hydrogens is 352 g/mol. The van der Waals surface area contributed by atoms with Crippen molar-refractivity contribution in [1.29, 1.82) is 5.26 Å². The lowest BCUT2D eigenvalue weighted by molar-refractivity contribution is -0.128. The van der Waals surface area contributed by atoms with Crippen LogP contribution in [0, 0.1) is 11.3 Å². The van der Waals surface area contributed by atoms with Gasteiger partial charge in [-0.2, -0.15) is 5.26 Å². The van der Waals surface area contributed by atoms with Crippen LogP contribution >= 0.6 is 0 Å². The van der Waals surface area contributed by atoms with Gasteiger partial charge in [0.1, 0.15) is 12.1 Å². The van der Waals surface area contributed by atoms with Crippen molar-refractivity contribution in [1.82, 2.24) is 15.5 Å². The van der Waals surface area contributed by atoms with Gasteiger partial charge in [0.2, 0.25) is 5.91 Å². The van der Waals surface area contributed by atoms with Crippen molar-refractivity contribution in [2.45, 2.75) is 56.4 Å². The van der Waals surface area contributed by atoms with Crippen LogP contribution in [0.25, 0.3) is 0 Å². The van der Waals surface area contributed by atoms with Crippen LogP contribution in [0.3, 0.4) is 0 Å². The number of piperidine rings is 1. The van der Waals surface area contributed by atoms with Crippen LogP contribution in [0.15, 0.2) is 24.3 Å². The summed E-state index contributed by atoms with van der Waals surface area (Å²) in [5.74, 6) is 0.0868. The number of nitriles is 1. The highest BCUT2D eigenvalue weighted by Crippen LogP contribution is 2.30. The Morgan fingerprint density at radius 3 is 2.39 bits per heavy atom. The van der Waals surface area contributed by atoms with E-state index in [9.17, 15) is 9.59 Å². The second kappa shape index (κ2) is 9.20. The third kappa shape index (κ3) is 4.71. The number of nitrogens with zero attached hydrogens (tertiary/aromatic N) is 2. The van der Waals surface area contributed by atoms with Gasteiger partial charge in [-0.3, -0.25) is 9.59 Å². The van der Waals surface area contributed by atoms with E-state index in [1.807, 2.05) is 30.3 Å². The van der Waals surface area contributed by atoms with Crippen molar-refractivity contribution in [3.05, 3.63) is 35.4 Å². The highest BCUT2D eigenvalue weighted by atomic mass is 16.2. The van der Waals surface area contributed by atoms with Crippen molar-refractivity contribution in [2.24, 2.45) is 0 Å². The molecular formula is C22H30N4O2.